The maximum absolute atomic E-state index is 12.2. The summed E-state index contributed by atoms with van der Waals surface area (Å²) in [5.74, 6) is 0.595. The number of benzene rings is 2. The average Bonchev–Trinajstić information content (AvgIpc) is 3.20. The molecule has 0 aliphatic heterocycles. The van der Waals surface area contributed by atoms with Gasteiger partial charge in [-0.3, -0.25) is 10.1 Å². The lowest BCUT2D eigenvalue weighted by Gasteiger charge is -2.07. The molecule has 0 aliphatic carbocycles. The van der Waals surface area contributed by atoms with Gasteiger partial charge >= 0.3 is 0 Å². The highest BCUT2D eigenvalue weighted by Gasteiger charge is 2.14. The van der Waals surface area contributed by atoms with Crippen molar-refractivity contribution in [1.82, 2.24) is 14.6 Å². The Morgan fingerprint density at radius 2 is 1.89 bits per heavy atom. The number of halogens is 1. The molecule has 4 aromatic rings. The van der Waals surface area contributed by atoms with Crippen molar-refractivity contribution in [1.29, 1.82) is 0 Å². The summed E-state index contributed by atoms with van der Waals surface area (Å²) in [4.78, 5) is 17.3. The Bertz CT molecular complexity index is 1130. The van der Waals surface area contributed by atoms with Crippen LogP contribution < -0.4 is 10.1 Å². The molecular weight excluding hydrogens is 396 g/mol. The second-order valence-corrected chi connectivity index (χ2v) is 7.69. The molecular formula is C20H17ClN4O2S. The van der Waals surface area contributed by atoms with E-state index in [0.29, 0.717) is 15.7 Å². The monoisotopic (exact) mass is 412 g/mol. The predicted molar refractivity (Wildman–Crippen MR) is 111 cm³/mol. The topological polar surface area (TPSA) is 68.5 Å². The number of rotatable bonds is 5. The Labute approximate surface area is 170 Å². The smallest absolute Gasteiger partial charge is 0.264 e. The highest BCUT2D eigenvalue weighted by Crippen LogP contribution is 2.27. The number of ether oxygens (including phenoxy) is 1. The third kappa shape index (κ3) is 4.00. The number of thiazole rings is 1. The fourth-order valence-corrected chi connectivity index (χ4v) is 3.84. The maximum Gasteiger partial charge on any atom is 0.264 e. The van der Waals surface area contributed by atoms with Gasteiger partial charge < -0.3 is 4.74 Å². The number of carbonyl (C=O) groups is 1. The van der Waals surface area contributed by atoms with Gasteiger partial charge in [-0.05, 0) is 49.2 Å². The van der Waals surface area contributed by atoms with Gasteiger partial charge in [-0.15, -0.1) is 16.4 Å². The lowest BCUT2D eigenvalue weighted by atomic mass is 10.1. The van der Waals surface area contributed by atoms with Gasteiger partial charge in [-0.1, -0.05) is 29.8 Å². The second kappa shape index (κ2) is 7.61. The SMILES string of the molecule is Cc1cc(C)cc(OCC(=O)Nc2nc3scc(-c4ccc(Cl)cc4)n3n2)c1. The second-order valence-electron chi connectivity index (χ2n) is 6.42. The highest BCUT2D eigenvalue weighted by molar-refractivity contribution is 7.15. The van der Waals surface area contributed by atoms with Gasteiger partial charge in [0, 0.05) is 16.0 Å². The van der Waals surface area contributed by atoms with Crippen LogP contribution >= 0.6 is 22.9 Å². The largest absolute Gasteiger partial charge is 0.484 e. The van der Waals surface area contributed by atoms with E-state index in [4.69, 9.17) is 16.3 Å². The van der Waals surface area contributed by atoms with Gasteiger partial charge in [0.2, 0.25) is 4.96 Å². The Balaban J connectivity index is 1.46. The molecule has 0 spiro atoms. The molecule has 0 atom stereocenters. The first-order valence-corrected chi connectivity index (χ1v) is 9.85. The summed E-state index contributed by atoms with van der Waals surface area (Å²) in [6.45, 7) is 3.86. The van der Waals surface area contributed by atoms with Crippen molar-refractivity contribution < 1.29 is 9.53 Å². The number of aryl methyl sites for hydroxylation is 2. The molecule has 2 heterocycles. The predicted octanol–water partition coefficient (Wildman–Crippen LogP) is 4.75. The van der Waals surface area contributed by atoms with Gasteiger partial charge in [0.1, 0.15) is 5.75 Å². The maximum atomic E-state index is 12.2. The summed E-state index contributed by atoms with van der Waals surface area (Å²) >= 11 is 7.40. The van der Waals surface area contributed by atoms with Crippen molar-refractivity contribution in [3.05, 3.63) is 64.0 Å². The molecule has 0 bridgehead atoms. The number of fused-ring (bicyclic) bond motifs is 1. The normalized spacial score (nSPS) is 11.0. The lowest BCUT2D eigenvalue weighted by Crippen LogP contribution is -2.21. The van der Waals surface area contributed by atoms with Crippen LogP contribution in [0.2, 0.25) is 5.02 Å². The van der Waals surface area contributed by atoms with E-state index in [1.54, 1.807) is 4.52 Å². The summed E-state index contributed by atoms with van der Waals surface area (Å²) in [6, 6.07) is 13.3. The number of hydrogen-bond donors (Lipinski definition) is 1. The van der Waals surface area contributed by atoms with Crippen LogP contribution in [0.4, 0.5) is 5.95 Å². The summed E-state index contributed by atoms with van der Waals surface area (Å²) in [6.07, 6.45) is 0. The summed E-state index contributed by atoms with van der Waals surface area (Å²) in [7, 11) is 0. The molecule has 0 saturated heterocycles. The fourth-order valence-electron chi connectivity index (χ4n) is 2.88. The van der Waals surface area contributed by atoms with Crippen LogP contribution in [0, 0.1) is 13.8 Å². The van der Waals surface area contributed by atoms with Crippen LogP contribution in [0.15, 0.2) is 47.8 Å². The number of nitrogens with zero attached hydrogens (tertiary/aromatic N) is 3. The van der Waals surface area contributed by atoms with Crippen LogP contribution in [0.25, 0.3) is 16.2 Å². The van der Waals surface area contributed by atoms with E-state index >= 15 is 0 Å². The first kappa shape index (κ1) is 18.5. The van der Waals surface area contributed by atoms with Gasteiger partial charge in [0.25, 0.3) is 11.9 Å². The van der Waals surface area contributed by atoms with E-state index in [2.05, 4.69) is 15.4 Å². The minimum atomic E-state index is -0.314. The Hall–Kier alpha value is -2.90. The van der Waals surface area contributed by atoms with Crippen LogP contribution in [-0.4, -0.2) is 27.1 Å². The molecule has 1 amide bonds. The first-order chi connectivity index (χ1) is 13.5. The number of carbonyl (C=O) groups excluding carboxylic acids is 1. The van der Waals surface area contributed by atoms with Crippen molar-refractivity contribution in [2.75, 3.05) is 11.9 Å². The summed E-state index contributed by atoms with van der Waals surface area (Å²) in [5.41, 5.74) is 4.02. The Morgan fingerprint density at radius 1 is 1.18 bits per heavy atom. The number of anilines is 1. The van der Waals surface area contributed by atoms with Crippen molar-refractivity contribution in [2.45, 2.75) is 13.8 Å². The van der Waals surface area contributed by atoms with Crippen molar-refractivity contribution >= 4 is 39.8 Å². The molecule has 0 saturated carbocycles. The first-order valence-electron chi connectivity index (χ1n) is 8.59. The van der Waals surface area contributed by atoms with Gasteiger partial charge in [0.05, 0.1) is 5.69 Å². The van der Waals surface area contributed by atoms with Crippen molar-refractivity contribution in [3.63, 3.8) is 0 Å². The third-order valence-electron chi connectivity index (χ3n) is 4.04. The van der Waals surface area contributed by atoms with Crippen LogP contribution in [0.3, 0.4) is 0 Å². The summed E-state index contributed by atoms with van der Waals surface area (Å²) in [5, 5.41) is 9.71. The van der Waals surface area contributed by atoms with Crippen LogP contribution in [0.5, 0.6) is 5.75 Å². The van der Waals surface area contributed by atoms with E-state index in [9.17, 15) is 4.79 Å². The molecule has 142 valence electrons. The number of nitrogens with one attached hydrogen (secondary N) is 1. The van der Waals surface area contributed by atoms with Gasteiger partial charge in [-0.25, -0.2) is 4.52 Å². The van der Waals surface area contributed by atoms with Crippen molar-refractivity contribution in [2.24, 2.45) is 0 Å². The van der Waals surface area contributed by atoms with Crippen LogP contribution in [0.1, 0.15) is 11.1 Å². The van der Waals surface area contributed by atoms with Crippen LogP contribution in [-0.2, 0) is 4.79 Å². The molecule has 0 fully saturated rings. The highest BCUT2D eigenvalue weighted by atomic mass is 35.5. The van der Waals surface area contributed by atoms with E-state index in [1.165, 1.54) is 11.3 Å². The van der Waals surface area contributed by atoms with E-state index in [1.807, 2.05) is 61.7 Å². The Morgan fingerprint density at radius 3 is 2.61 bits per heavy atom. The minimum Gasteiger partial charge on any atom is -0.484 e. The zero-order valence-corrected chi connectivity index (χ0v) is 16.8. The summed E-state index contributed by atoms with van der Waals surface area (Å²) < 4.78 is 7.28. The molecule has 2 aromatic heterocycles. The fraction of sp³-hybridized carbons (Fsp3) is 0.150. The molecule has 4 rings (SSSR count). The molecule has 6 nitrogen and oxygen atoms in total. The molecule has 2 aromatic carbocycles. The number of aromatic nitrogens is 3. The third-order valence-corrected chi connectivity index (χ3v) is 5.11. The number of amides is 1. The van der Waals surface area contributed by atoms with Gasteiger partial charge in [-0.2, -0.15) is 4.98 Å². The Kier molecular flexibility index (Phi) is 5.02. The standard InChI is InChI=1S/C20H17ClN4O2S/c1-12-7-13(2)9-16(8-12)27-10-18(26)22-19-23-20-25(24-19)17(11-28-20)14-3-5-15(21)6-4-14/h3-9,11H,10H2,1-2H3,(H,22,24,26). The molecule has 1 N–H and O–H groups in total. The van der Waals surface area contributed by atoms with E-state index in [0.717, 1.165) is 22.4 Å². The molecule has 0 aliphatic rings. The zero-order chi connectivity index (χ0) is 19.7. The minimum absolute atomic E-state index is 0.111. The molecule has 8 heteroatoms. The van der Waals surface area contributed by atoms with Crippen molar-refractivity contribution in [3.8, 4) is 17.0 Å². The molecule has 0 radical (unpaired) electrons. The number of hydrogen-bond acceptors (Lipinski definition) is 5. The lowest BCUT2D eigenvalue weighted by molar-refractivity contribution is -0.118. The van der Waals surface area contributed by atoms with E-state index < -0.39 is 0 Å². The average molecular weight is 413 g/mol. The molecule has 0 unspecified atom stereocenters. The van der Waals surface area contributed by atoms with Gasteiger partial charge in [0.15, 0.2) is 6.61 Å². The zero-order valence-electron chi connectivity index (χ0n) is 15.3. The quantitative estimate of drug-likeness (QED) is 0.513. The molecule has 28 heavy (non-hydrogen) atoms. The van der Waals surface area contributed by atoms with E-state index in [-0.39, 0.29) is 18.5 Å².